The fourth-order valence-corrected chi connectivity index (χ4v) is 4.55. The van der Waals surface area contributed by atoms with Gasteiger partial charge in [-0.25, -0.2) is 4.79 Å². The van der Waals surface area contributed by atoms with Crippen LogP contribution >= 0.6 is 0 Å². The summed E-state index contributed by atoms with van der Waals surface area (Å²) in [5.74, 6) is 3.16. The predicted octanol–water partition coefficient (Wildman–Crippen LogP) is 4.15. The molecular formula is C17H30O2Si. The summed E-state index contributed by atoms with van der Waals surface area (Å²) >= 11 is 0. The largest absolute Gasteiger partial charge is 0.417 e. The Balaban J connectivity index is 2.75. The molecule has 3 heteroatoms. The van der Waals surface area contributed by atoms with Crippen molar-refractivity contribution in [3.05, 3.63) is 18.2 Å². The summed E-state index contributed by atoms with van der Waals surface area (Å²) in [6, 6.07) is 0. The molecular weight excluding hydrogens is 264 g/mol. The Morgan fingerprint density at radius 1 is 1.35 bits per heavy atom. The average Bonchev–Trinajstić information content (AvgIpc) is 2.78. The molecule has 114 valence electrons. The van der Waals surface area contributed by atoms with Crippen molar-refractivity contribution < 1.29 is 9.22 Å². The lowest BCUT2D eigenvalue weighted by atomic mass is 9.76. The Morgan fingerprint density at radius 2 is 2.05 bits per heavy atom. The molecule has 0 aromatic heterocycles. The zero-order chi connectivity index (χ0) is 15.2. The minimum atomic E-state index is -1.03. The molecule has 1 saturated carbocycles. The quantitative estimate of drug-likeness (QED) is 0.418. The van der Waals surface area contributed by atoms with Gasteiger partial charge in [0.05, 0.1) is 6.10 Å². The summed E-state index contributed by atoms with van der Waals surface area (Å²) in [4.78, 5) is 10.2. The highest BCUT2D eigenvalue weighted by atomic mass is 28.3. The first-order valence-electron chi connectivity index (χ1n) is 7.87. The van der Waals surface area contributed by atoms with E-state index in [9.17, 15) is 4.79 Å². The maximum Gasteiger partial charge on any atom is 0.171 e. The summed E-state index contributed by atoms with van der Waals surface area (Å²) in [5, 5.41) is 0. The summed E-state index contributed by atoms with van der Waals surface area (Å²) in [6.07, 6.45) is 10.7. The van der Waals surface area contributed by atoms with Crippen molar-refractivity contribution in [1.29, 1.82) is 0 Å². The Bertz CT molecular complexity index is 362. The lowest BCUT2D eigenvalue weighted by Crippen LogP contribution is -2.40. The van der Waals surface area contributed by atoms with Gasteiger partial charge < -0.3 is 4.43 Å². The molecule has 1 rings (SSSR count). The van der Waals surface area contributed by atoms with Gasteiger partial charge in [0.2, 0.25) is 0 Å². The molecule has 0 bridgehead atoms. The third-order valence-corrected chi connectivity index (χ3v) is 4.96. The van der Waals surface area contributed by atoms with Crippen LogP contribution in [0.25, 0.3) is 0 Å². The maximum atomic E-state index is 10.2. The van der Waals surface area contributed by atoms with E-state index in [4.69, 9.17) is 4.43 Å². The normalized spacial score (nSPS) is 25.1. The van der Waals surface area contributed by atoms with Gasteiger partial charge in [-0.15, -0.1) is 0 Å². The first-order chi connectivity index (χ1) is 9.36. The topological polar surface area (TPSA) is 26.3 Å². The van der Waals surface area contributed by atoms with Crippen LogP contribution in [-0.2, 0) is 9.22 Å². The van der Waals surface area contributed by atoms with Crippen LogP contribution in [0.3, 0.4) is 0 Å². The fourth-order valence-electron chi connectivity index (χ4n) is 3.36. The van der Waals surface area contributed by atoms with E-state index in [-0.39, 0.29) is 5.41 Å². The highest BCUT2D eigenvalue weighted by molar-refractivity contribution is 6.48. The van der Waals surface area contributed by atoms with Gasteiger partial charge in [0.1, 0.15) is 5.94 Å². The second kappa shape index (κ2) is 7.97. The Kier molecular flexibility index (Phi) is 6.94. The molecule has 0 saturated heterocycles. The monoisotopic (exact) mass is 294 g/mol. The smallest absolute Gasteiger partial charge is 0.171 e. The minimum Gasteiger partial charge on any atom is -0.417 e. The Hall–Kier alpha value is -0.633. The van der Waals surface area contributed by atoms with Crippen molar-refractivity contribution in [1.82, 2.24) is 0 Å². The van der Waals surface area contributed by atoms with E-state index in [1.54, 1.807) is 5.94 Å². The van der Waals surface area contributed by atoms with Crippen LogP contribution in [0.2, 0.25) is 13.1 Å². The number of hydrogen-bond donors (Lipinski definition) is 0. The maximum absolute atomic E-state index is 10.2. The number of rotatable bonds is 6. The zero-order valence-corrected chi connectivity index (χ0v) is 14.8. The van der Waals surface area contributed by atoms with Gasteiger partial charge in [-0.3, -0.25) is 0 Å². The molecule has 3 unspecified atom stereocenters. The van der Waals surface area contributed by atoms with Crippen molar-refractivity contribution in [2.45, 2.75) is 65.7 Å². The molecule has 20 heavy (non-hydrogen) atoms. The average molecular weight is 295 g/mol. The number of allylic oxidation sites excluding steroid dienone is 3. The molecule has 0 aromatic rings. The van der Waals surface area contributed by atoms with E-state index in [1.165, 1.54) is 25.3 Å². The molecule has 3 atom stereocenters. The third kappa shape index (κ3) is 5.39. The summed E-state index contributed by atoms with van der Waals surface area (Å²) < 4.78 is 6.40. The SMILES string of the molecule is C[SiH](C)OC(C1CCCC1CC=CC=C=O)C(C)(C)C. The summed E-state index contributed by atoms with van der Waals surface area (Å²) in [5.41, 5.74) is 0.205. The first-order valence-corrected chi connectivity index (χ1v) is 10.7. The lowest BCUT2D eigenvalue weighted by Gasteiger charge is -2.39. The number of hydrogen-bond acceptors (Lipinski definition) is 2. The van der Waals surface area contributed by atoms with Gasteiger partial charge in [0.15, 0.2) is 9.04 Å². The Labute approximate surface area is 126 Å². The second-order valence-electron chi connectivity index (χ2n) is 7.27. The van der Waals surface area contributed by atoms with E-state index in [1.807, 2.05) is 6.08 Å². The Morgan fingerprint density at radius 3 is 2.60 bits per heavy atom. The highest BCUT2D eigenvalue weighted by Gasteiger charge is 2.39. The van der Waals surface area contributed by atoms with Crippen LogP contribution in [0.5, 0.6) is 0 Å². The van der Waals surface area contributed by atoms with E-state index in [2.05, 4.69) is 39.9 Å². The van der Waals surface area contributed by atoms with Gasteiger partial charge in [-0.2, -0.15) is 0 Å². The van der Waals surface area contributed by atoms with Gasteiger partial charge in [-0.05, 0) is 49.6 Å². The van der Waals surface area contributed by atoms with Crippen LogP contribution < -0.4 is 0 Å². The van der Waals surface area contributed by atoms with Gasteiger partial charge >= 0.3 is 0 Å². The van der Waals surface area contributed by atoms with Crippen LogP contribution in [0.15, 0.2) is 18.2 Å². The fraction of sp³-hybridized carbons (Fsp3) is 0.765. The van der Waals surface area contributed by atoms with Gasteiger partial charge in [0.25, 0.3) is 0 Å². The molecule has 1 fully saturated rings. The van der Waals surface area contributed by atoms with Crippen molar-refractivity contribution >= 4 is 15.0 Å². The molecule has 0 N–H and O–H groups in total. The highest BCUT2D eigenvalue weighted by Crippen LogP contribution is 2.43. The molecule has 0 aromatic carbocycles. The van der Waals surface area contributed by atoms with E-state index in [0.717, 1.165) is 6.42 Å². The lowest BCUT2D eigenvalue weighted by molar-refractivity contribution is 0.0177. The molecule has 0 spiro atoms. The van der Waals surface area contributed by atoms with E-state index >= 15 is 0 Å². The van der Waals surface area contributed by atoms with E-state index in [0.29, 0.717) is 17.9 Å². The van der Waals surface area contributed by atoms with Gasteiger partial charge in [0, 0.05) is 6.08 Å². The van der Waals surface area contributed by atoms with E-state index < -0.39 is 9.04 Å². The predicted molar refractivity (Wildman–Crippen MR) is 88.1 cm³/mol. The van der Waals surface area contributed by atoms with Crippen LogP contribution in [0.4, 0.5) is 0 Å². The molecule has 1 aliphatic carbocycles. The zero-order valence-electron chi connectivity index (χ0n) is 13.7. The van der Waals surface area contributed by atoms with Crippen molar-refractivity contribution in [3.8, 4) is 0 Å². The van der Waals surface area contributed by atoms with Crippen LogP contribution in [0.1, 0.15) is 46.5 Å². The van der Waals surface area contributed by atoms with Crippen molar-refractivity contribution in [3.63, 3.8) is 0 Å². The first kappa shape index (κ1) is 17.4. The standard InChI is InChI=1S/C17H30O2Si/c1-17(2,3)16(19-20(4)5)15-12-9-11-14(15)10-7-6-8-13-18/h6-8,14-16,20H,9-12H2,1-5H3. The molecule has 0 radical (unpaired) electrons. The van der Waals surface area contributed by atoms with Crippen molar-refractivity contribution in [2.24, 2.45) is 17.3 Å². The van der Waals surface area contributed by atoms with Crippen LogP contribution in [-0.4, -0.2) is 21.1 Å². The van der Waals surface area contributed by atoms with Crippen LogP contribution in [0, 0.1) is 17.3 Å². The second-order valence-corrected chi connectivity index (χ2v) is 9.64. The van der Waals surface area contributed by atoms with Gasteiger partial charge in [-0.1, -0.05) is 39.3 Å². The molecule has 1 aliphatic rings. The molecule has 2 nitrogen and oxygen atoms in total. The minimum absolute atomic E-state index is 0.205. The molecule has 0 heterocycles. The number of carbonyl (C=O) groups excluding carboxylic acids is 1. The third-order valence-electron chi connectivity index (χ3n) is 4.12. The summed E-state index contributed by atoms with van der Waals surface area (Å²) in [7, 11) is -1.03. The molecule has 0 amide bonds. The summed E-state index contributed by atoms with van der Waals surface area (Å²) in [6.45, 7) is 11.4. The van der Waals surface area contributed by atoms with Crippen molar-refractivity contribution in [2.75, 3.05) is 0 Å². The molecule has 0 aliphatic heterocycles.